The van der Waals surface area contributed by atoms with Gasteiger partial charge in [-0.3, -0.25) is 0 Å². The van der Waals surface area contributed by atoms with E-state index < -0.39 is 5.97 Å². The molecule has 5 nitrogen and oxygen atoms in total. The van der Waals surface area contributed by atoms with Crippen molar-refractivity contribution in [1.29, 1.82) is 0 Å². The number of carboxylic acids is 1. The maximum Gasteiger partial charge on any atom is 0.199 e. The van der Waals surface area contributed by atoms with Gasteiger partial charge in [0, 0.05) is 50.1 Å². The number of allylic oxidation sites excluding steroid dienone is 5. The summed E-state index contributed by atoms with van der Waals surface area (Å²) in [6, 6.07) is 15.5. The molecule has 33 heavy (non-hydrogen) atoms. The standard InChI is InChI=1S/C26H31N3.C2H4O2/c1-7-27-25-17-12-22(18-19(25)2)26(20-8-13-23(14-9-20)28(3)4)21-10-15-24(16-11-21)29(5)6;1-2(3)4/h8-18H,7H2,1-6H3;1H3,(H,3,4). The van der Waals surface area contributed by atoms with Gasteiger partial charge in [0.05, 0.1) is 0 Å². The van der Waals surface area contributed by atoms with Crippen LogP contribution in [0.3, 0.4) is 0 Å². The van der Waals surface area contributed by atoms with Gasteiger partial charge in [0.1, 0.15) is 14.1 Å². The van der Waals surface area contributed by atoms with Gasteiger partial charge in [0.2, 0.25) is 0 Å². The molecule has 0 saturated heterocycles. The maximum atomic E-state index is 8.89. The molecule has 1 aliphatic carbocycles. The van der Waals surface area contributed by atoms with Gasteiger partial charge in [-0.1, -0.05) is 18.2 Å². The SMILES string of the molecule is CC(=O)[O-].CCNc1ccc(C(=C2C=CC(=[N+](C)C)C=C2)c2ccc(N(C)C)cc2)cc1C. The van der Waals surface area contributed by atoms with E-state index in [-0.39, 0.29) is 0 Å². The largest absolute Gasteiger partial charge is 0.550 e. The number of nitrogens with zero attached hydrogens (tertiary/aromatic N) is 2. The van der Waals surface area contributed by atoms with E-state index in [9.17, 15) is 0 Å². The molecule has 0 heterocycles. The lowest BCUT2D eigenvalue weighted by atomic mass is 9.89. The summed E-state index contributed by atoms with van der Waals surface area (Å²) < 4.78 is 2.13. The lowest BCUT2D eigenvalue weighted by molar-refractivity contribution is -0.462. The smallest absolute Gasteiger partial charge is 0.199 e. The van der Waals surface area contributed by atoms with Gasteiger partial charge in [-0.2, -0.15) is 0 Å². The highest BCUT2D eigenvalue weighted by Crippen LogP contribution is 2.32. The fraction of sp³-hybridized carbons (Fsp3) is 0.286. The van der Waals surface area contributed by atoms with Gasteiger partial charge >= 0.3 is 0 Å². The van der Waals surface area contributed by atoms with E-state index in [4.69, 9.17) is 9.90 Å². The van der Waals surface area contributed by atoms with Crippen molar-refractivity contribution >= 4 is 28.6 Å². The number of aryl methyl sites for hydroxylation is 1. The molecule has 0 amide bonds. The fourth-order valence-corrected chi connectivity index (χ4v) is 3.56. The first-order valence-corrected chi connectivity index (χ1v) is 11.1. The first-order chi connectivity index (χ1) is 15.6. The van der Waals surface area contributed by atoms with Gasteiger partial charge < -0.3 is 20.1 Å². The van der Waals surface area contributed by atoms with Crippen LogP contribution in [-0.2, 0) is 4.79 Å². The third kappa shape index (κ3) is 7.21. The minimum Gasteiger partial charge on any atom is -0.550 e. The van der Waals surface area contributed by atoms with Crippen molar-refractivity contribution in [3.8, 4) is 0 Å². The Labute approximate surface area is 198 Å². The second-order valence-corrected chi connectivity index (χ2v) is 8.31. The van der Waals surface area contributed by atoms with E-state index in [1.54, 1.807) is 0 Å². The number of nitrogens with one attached hydrogen (secondary N) is 1. The second-order valence-electron chi connectivity index (χ2n) is 8.31. The average Bonchev–Trinajstić information content (AvgIpc) is 2.76. The number of hydrogen-bond donors (Lipinski definition) is 1. The Morgan fingerprint density at radius 3 is 1.97 bits per heavy atom. The molecule has 2 aromatic carbocycles. The summed E-state index contributed by atoms with van der Waals surface area (Å²) in [5.41, 5.74) is 9.81. The van der Waals surface area contributed by atoms with Crippen LogP contribution >= 0.6 is 0 Å². The lowest BCUT2D eigenvalue weighted by Gasteiger charge is -2.18. The molecule has 0 fully saturated rings. The van der Waals surface area contributed by atoms with Crippen LogP contribution in [0.15, 0.2) is 72.3 Å². The van der Waals surface area contributed by atoms with Crippen molar-refractivity contribution in [3.05, 3.63) is 89.0 Å². The van der Waals surface area contributed by atoms with Crippen LogP contribution in [0.25, 0.3) is 5.57 Å². The number of rotatable bonds is 5. The molecule has 5 heteroatoms. The quantitative estimate of drug-likeness (QED) is 0.710. The summed E-state index contributed by atoms with van der Waals surface area (Å²) in [7, 11) is 8.29. The van der Waals surface area contributed by atoms with Crippen molar-refractivity contribution in [2.24, 2.45) is 0 Å². The zero-order valence-electron chi connectivity index (χ0n) is 20.8. The summed E-state index contributed by atoms with van der Waals surface area (Å²) in [5.74, 6) is -1.08. The van der Waals surface area contributed by atoms with Crippen LogP contribution in [0, 0.1) is 6.92 Å². The lowest BCUT2D eigenvalue weighted by Crippen LogP contribution is -2.16. The van der Waals surface area contributed by atoms with E-state index in [0.717, 1.165) is 13.5 Å². The van der Waals surface area contributed by atoms with E-state index in [2.05, 4.69) is 124 Å². The first-order valence-electron chi connectivity index (χ1n) is 11.1. The Morgan fingerprint density at radius 2 is 1.52 bits per heavy atom. The Balaban J connectivity index is 0.000000890. The van der Waals surface area contributed by atoms with E-state index in [1.165, 1.54) is 44.9 Å². The number of hydrogen-bond acceptors (Lipinski definition) is 4. The molecule has 0 radical (unpaired) electrons. The minimum absolute atomic E-state index is 0.925. The third-order valence-corrected chi connectivity index (χ3v) is 5.23. The predicted octanol–water partition coefficient (Wildman–Crippen LogP) is 3.89. The molecular formula is C28H35N3O2. The number of carbonyl (C=O) groups excluding carboxylic acids is 1. The normalized spacial score (nSPS) is 12.1. The first kappa shape index (κ1) is 25.7. The van der Waals surface area contributed by atoms with E-state index in [1.807, 2.05) is 0 Å². The highest BCUT2D eigenvalue weighted by molar-refractivity contribution is 6.04. The average molecular weight is 446 g/mol. The van der Waals surface area contributed by atoms with Crippen LogP contribution in [0.4, 0.5) is 11.4 Å². The Hall–Kier alpha value is -3.60. The van der Waals surface area contributed by atoms with E-state index in [0.29, 0.717) is 0 Å². The van der Waals surface area contributed by atoms with Crippen LogP contribution in [0.5, 0.6) is 0 Å². The summed E-state index contributed by atoms with van der Waals surface area (Å²) in [5, 5.41) is 12.3. The number of carbonyl (C=O) groups is 1. The Bertz CT molecular complexity index is 1080. The van der Waals surface area contributed by atoms with Crippen molar-refractivity contribution < 1.29 is 14.5 Å². The molecule has 0 aliphatic heterocycles. The molecule has 0 atom stereocenters. The van der Waals surface area contributed by atoms with Crippen molar-refractivity contribution in [3.63, 3.8) is 0 Å². The Kier molecular flexibility index (Phi) is 9.22. The predicted molar refractivity (Wildman–Crippen MR) is 138 cm³/mol. The molecular weight excluding hydrogens is 410 g/mol. The van der Waals surface area contributed by atoms with Gasteiger partial charge in [-0.15, -0.1) is 0 Å². The van der Waals surface area contributed by atoms with Gasteiger partial charge in [0.25, 0.3) is 0 Å². The monoisotopic (exact) mass is 445 g/mol. The molecule has 3 rings (SSSR count). The van der Waals surface area contributed by atoms with Gasteiger partial charge in [0.15, 0.2) is 5.71 Å². The molecule has 1 N–H and O–H groups in total. The molecule has 0 bridgehead atoms. The zero-order chi connectivity index (χ0) is 24.5. The van der Waals surface area contributed by atoms with Gasteiger partial charge in [-0.25, -0.2) is 4.58 Å². The number of carboxylic acid groups (broad SMARTS) is 1. The third-order valence-electron chi connectivity index (χ3n) is 5.23. The van der Waals surface area contributed by atoms with Crippen molar-refractivity contribution in [2.45, 2.75) is 20.8 Å². The maximum absolute atomic E-state index is 8.89. The highest BCUT2D eigenvalue weighted by Gasteiger charge is 2.14. The molecule has 0 unspecified atom stereocenters. The molecule has 174 valence electrons. The molecule has 1 aliphatic rings. The van der Waals surface area contributed by atoms with E-state index >= 15 is 0 Å². The Morgan fingerprint density at radius 1 is 0.970 bits per heavy atom. The molecule has 0 saturated carbocycles. The molecule has 0 spiro atoms. The summed E-state index contributed by atoms with van der Waals surface area (Å²) in [4.78, 5) is 11.0. The van der Waals surface area contributed by atoms with Crippen LogP contribution in [0.1, 0.15) is 30.5 Å². The zero-order valence-corrected chi connectivity index (χ0v) is 20.8. The fourth-order valence-electron chi connectivity index (χ4n) is 3.56. The van der Waals surface area contributed by atoms with Crippen molar-refractivity contribution in [1.82, 2.24) is 0 Å². The number of anilines is 2. The molecule has 0 aromatic heterocycles. The summed E-state index contributed by atoms with van der Waals surface area (Å²) in [6.07, 6.45) is 8.81. The molecule has 2 aromatic rings. The summed E-state index contributed by atoms with van der Waals surface area (Å²) >= 11 is 0. The minimum atomic E-state index is -1.08. The van der Waals surface area contributed by atoms with Crippen LogP contribution in [-0.4, -0.2) is 51.0 Å². The second kappa shape index (κ2) is 11.9. The highest BCUT2D eigenvalue weighted by atomic mass is 16.4. The van der Waals surface area contributed by atoms with Crippen LogP contribution < -0.4 is 15.3 Å². The van der Waals surface area contributed by atoms with Gasteiger partial charge in [-0.05, 0) is 85.0 Å². The summed E-state index contributed by atoms with van der Waals surface area (Å²) in [6.45, 7) is 6.20. The number of aliphatic carboxylic acids is 1. The number of benzene rings is 2. The van der Waals surface area contributed by atoms with Crippen molar-refractivity contribution in [2.75, 3.05) is 45.0 Å². The topological polar surface area (TPSA) is 58.4 Å². The van der Waals surface area contributed by atoms with Crippen LogP contribution in [0.2, 0.25) is 0 Å².